The van der Waals surface area contributed by atoms with Crippen LogP contribution in [0.3, 0.4) is 0 Å². The first-order valence-electron chi connectivity index (χ1n) is 10.4. The Morgan fingerprint density at radius 2 is 1.84 bits per heavy atom. The molecule has 0 radical (unpaired) electrons. The van der Waals surface area contributed by atoms with Crippen molar-refractivity contribution >= 4 is 28.4 Å². The zero-order valence-electron chi connectivity index (χ0n) is 17.5. The fourth-order valence-electron chi connectivity index (χ4n) is 3.71. The number of fused-ring (bicyclic) bond motifs is 2. The summed E-state index contributed by atoms with van der Waals surface area (Å²) in [5.74, 6) is 0.0910. The van der Waals surface area contributed by atoms with E-state index in [1.165, 1.54) is 16.5 Å². The Morgan fingerprint density at radius 1 is 1.00 bits per heavy atom. The Bertz CT molecular complexity index is 1380. The lowest BCUT2D eigenvalue weighted by Gasteiger charge is -2.08. The van der Waals surface area contributed by atoms with E-state index in [1.807, 2.05) is 38.1 Å². The minimum Gasteiger partial charge on any atom is -0.343 e. The fourth-order valence-corrected chi connectivity index (χ4v) is 3.71. The third-order valence-corrected chi connectivity index (χ3v) is 5.38. The van der Waals surface area contributed by atoms with Crippen LogP contribution in [-0.2, 0) is 11.3 Å². The van der Waals surface area contributed by atoms with E-state index in [0.717, 1.165) is 17.8 Å². The van der Waals surface area contributed by atoms with Crippen molar-refractivity contribution in [3.63, 3.8) is 0 Å². The zero-order chi connectivity index (χ0) is 21.4. The minimum atomic E-state index is -0.131. The van der Waals surface area contributed by atoms with Gasteiger partial charge >= 0.3 is 0 Å². The van der Waals surface area contributed by atoms with Crippen molar-refractivity contribution in [2.45, 2.75) is 20.4 Å². The number of rotatable bonds is 5. The molecule has 1 amide bonds. The van der Waals surface area contributed by atoms with E-state index in [9.17, 15) is 4.79 Å². The van der Waals surface area contributed by atoms with Gasteiger partial charge < -0.3 is 4.57 Å². The molecule has 1 N–H and O–H groups in total. The van der Waals surface area contributed by atoms with Gasteiger partial charge in [-0.3, -0.25) is 10.1 Å². The van der Waals surface area contributed by atoms with Gasteiger partial charge in [-0.2, -0.15) is 4.98 Å². The number of pyridine rings is 1. The number of nitrogens with one attached hydrogen (secondary N) is 1. The van der Waals surface area contributed by atoms with Gasteiger partial charge in [0.2, 0.25) is 11.9 Å². The highest BCUT2D eigenvalue weighted by Crippen LogP contribution is 2.26. The molecular formula is C25H23N5O. The van der Waals surface area contributed by atoms with Crippen LogP contribution in [0.25, 0.3) is 27.8 Å². The van der Waals surface area contributed by atoms with Crippen molar-refractivity contribution in [3.8, 4) is 11.3 Å². The van der Waals surface area contributed by atoms with Crippen LogP contribution in [0.5, 0.6) is 0 Å². The Labute approximate surface area is 180 Å². The highest BCUT2D eigenvalue weighted by atomic mass is 16.2. The topological polar surface area (TPSA) is 64.2 Å². The van der Waals surface area contributed by atoms with Crippen molar-refractivity contribution in [2.75, 3.05) is 5.32 Å². The summed E-state index contributed by atoms with van der Waals surface area (Å²) < 4.78 is 4.03. The highest BCUT2D eigenvalue weighted by molar-refractivity contribution is 5.90. The van der Waals surface area contributed by atoms with Crippen LogP contribution >= 0.6 is 0 Å². The van der Waals surface area contributed by atoms with Crippen LogP contribution in [-0.4, -0.2) is 25.1 Å². The van der Waals surface area contributed by atoms with Gasteiger partial charge in [0.1, 0.15) is 0 Å². The van der Waals surface area contributed by atoms with Crippen LogP contribution in [0.15, 0.2) is 79.0 Å². The molecule has 0 bridgehead atoms. The molecule has 6 nitrogen and oxygen atoms in total. The number of amides is 1. The molecule has 3 aromatic heterocycles. The van der Waals surface area contributed by atoms with Crippen molar-refractivity contribution in [2.24, 2.45) is 5.92 Å². The van der Waals surface area contributed by atoms with Crippen LogP contribution in [0, 0.1) is 5.92 Å². The van der Waals surface area contributed by atoms with Gasteiger partial charge in [-0.1, -0.05) is 56.3 Å². The largest absolute Gasteiger partial charge is 0.343 e. The maximum absolute atomic E-state index is 12.0. The minimum absolute atomic E-state index is 0.0985. The second-order valence-corrected chi connectivity index (χ2v) is 7.96. The van der Waals surface area contributed by atoms with Gasteiger partial charge in [0, 0.05) is 35.1 Å². The van der Waals surface area contributed by atoms with E-state index in [0.29, 0.717) is 11.6 Å². The van der Waals surface area contributed by atoms with E-state index in [4.69, 9.17) is 0 Å². The Kier molecular flexibility index (Phi) is 4.75. The number of anilines is 1. The molecular weight excluding hydrogens is 386 g/mol. The number of hydrogen-bond acceptors (Lipinski definition) is 3. The van der Waals surface area contributed by atoms with Crippen LogP contribution in [0.4, 0.5) is 5.95 Å². The summed E-state index contributed by atoms with van der Waals surface area (Å²) in [7, 11) is 0. The molecule has 0 aliphatic rings. The molecule has 154 valence electrons. The number of aromatic nitrogens is 4. The van der Waals surface area contributed by atoms with Gasteiger partial charge in [0.05, 0.1) is 5.69 Å². The third-order valence-electron chi connectivity index (χ3n) is 5.38. The third kappa shape index (κ3) is 3.68. The van der Waals surface area contributed by atoms with Crippen LogP contribution in [0.1, 0.15) is 19.4 Å². The Balaban J connectivity index is 1.50. The predicted molar refractivity (Wildman–Crippen MR) is 123 cm³/mol. The number of hydrogen-bond donors (Lipinski definition) is 1. The summed E-state index contributed by atoms with van der Waals surface area (Å²) >= 11 is 0. The average Bonchev–Trinajstić information content (AvgIpc) is 3.37. The predicted octanol–water partition coefficient (Wildman–Crippen LogP) is 4.99. The van der Waals surface area contributed by atoms with E-state index in [1.54, 1.807) is 4.52 Å². The molecule has 0 saturated heterocycles. The first-order valence-corrected chi connectivity index (χ1v) is 10.4. The number of benzene rings is 2. The first-order chi connectivity index (χ1) is 15.1. The number of carbonyl (C=O) groups is 1. The van der Waals surface area contributed by atoms with Crippen molar-refractivity contribution in [3.05, 3.63) is 84.6 Å². The van der Waals surface area contributed by atoms with Crippen LogP contribution in [0.2, 0.25) is 0 Å². The molecule has 0 atom stereocenters. The van der Waals surface area contributed by atoms with Crippen molar-refractivity contribution in [1.29, 1.82) is 0 Å². The zero-order valence-corrected chi connectivity index (χ0v) is 17.5. The quantitative estimate of drug-likeness (QED) is 0.445. The van der Waals surface area contributed by atoms with E-state index in [2.05, 4.69) is 74.7 Å². The molecule has 0 aliphatic heterocycles. The lowest BCUT2D eigenvalue weighted by atomic mass is 10.1. The molecule has 2 aromatic carbocycles. The average molecular weight is 409 g/mol. The summed E-state index contributed by atoms with van der Waals surface area (Å²) in [6.45, 7) is 4.52. The van der Waals surface area contributed by atoms with Crippen molar-refractivity contribution in [1.82, 2.24) is 19.2 Å². The highest BCUT2D eigenvalue weighted by Gasteiger charge is 2.14. The number of nitrogens with zero attached hydrogens (tertiary/aromatic N) is 4. The molecule has 0 fully saturated rings. The summed E-state index contributed by atoms with van der Waals surface area (Å²) in [5, 5.41) is 8.47. The maximum Gasteiger partial charge on any atom is 0.249 e. The van der Waals surface area contributed by atoms with Gasteiger partial charge in [0.15, 0.2) is 5.65 Å². The standard InChI is InChI=1S/C25H23N5O/c1-17(2)24(31)27-25-26-23-10-6-9-22(30(23)28-25)19-11-12-21-20(15-19)13-14-29(21)16-18-7-4-3-5-8-18/h3-15,17H,16H2,1-2H3,(H,27,28,31). The molecule has 31 heavy (non-hydrogen) atoms. The second kappa shape index (κ2) is 7.72. The normalized spacial score (nSPS) is 11.5. The molecule has 0 unspecified atom stereocenters. The Morgan fingerprint density at radius 3 is 2.65 bits per heavy atom. The van der Waals surface area contributed by atoms with Crippen molar-refractivity contribution < 1.29 is 4.79 Å². The molecule has 0 saturated carbocycles. The maximum atomic E-state index is 12.0. The molecule has 6 heteroatoms. The molecule has 3 heterocycles. The summed E-state index contributed by atoms with van der Waals surface area (Å²) in [6.07, 6.45) is 2.12. The van der Waals surface area contributed by atoms with Gasteiger partial charge in [-0.25, -0.2) is 4.52 Å². The first kappa shape index (κ1) is 19.1. The van der Waals surface area contributed by atoms with Gasteiger partial charge in [-0.15, -0.1) is 5.10 Å². The molecule has 5 aromatic rings. The van der Waals surface area contributed by atoms with Crippen LogP contribution < -0.4 is 5.32 Å². The fraction of sp³-hybridized carbons (Fsp3) is 0.160. The smallest absolute Gasteiger partial charge is 0.249 e. The summed E-state index contributed by atoms with van der Waals surface area (Å²) in [6, 6.07) is 24.9. The molecule has 0 aliphatic carbocycles. The lowest BCUT2D eigenvalue weighted by Crippen LogP contribution is -2.18. The number of carbonyl (C=O) groups excluding carboxylic acids is 1. The van der Waals surface area contributed by atoms with Gasteiger partial charge in [-0.05, 0) is 35.9 Å². The van der Waals surface area contributed by atoms with Gasteiger partial charge in [0.25, 0.3) is 0 Å². The van der Waals surface area contributed by atoms with E-state index in [-0.39, 0.29) is 11.8 Å². The summed E-state index contributed by atoms with van der Waals surface area (Å²) in [4.78, 5) is 16.5. The lowest BCUT2D eigenvalue weighted by molar-refractivity contribution is -0.118. The van der Waals surface area contributed by atoms with E-state index < -0.39 is 0 Å². The monoisotopic (exact) mass is 409 g/mol. The van der Waals surface area contributed by atoms with E-state index >= 15 is 0 Å². The molecule has 5 rings (SSSR count). The molecule has 0 spiro atoms. The summed E-state index contributed by atoms with van der Waals surface area (Å²) in [5.41, 5.74) is 5.11. The SMILES string of the molecule is CC(C)C(=O)Nc1nc2cccc(-c3ccc4c(ccn4Cc4ccccc4)c3)n2n1. The second-order valence-electron chi connectivity index (χ2n) is 7.96. The Hall–Kier alpha value is -3.93.